The minimum absolute atomic E-state index is 0.177. The molecular weight excluding hydrogens is 338 g/mol. The van der Waals surface area contributed by atoms with Crippen LogP contribution < -0.4 is 0 Å². The highest BCUT2D eigenvalue weighted by Gasteiger charge is 2.38. The van der Waals surface area contributed by atoms with Gasteiger partial charge in [0.1, 0.15) is 0 Å². The quantitative estimate of drug-likeness (QED) is 0.657. The highest BCUT2D eigenvalue weighted by atomic mass is 16.7. The van der Waals surface area contributed by atoms with E-state index < -0.39 is 17.8 Å². The first-order chi connectivity index (χ1) is 12.6. The molecule has 0 bridgehead atoms. The third-order valence-corrected chi connectivity index (χ3v) is 3.90. The first-order valence-corrected chi connectivity index (χ1v) is 7.62. The summed E-state index contributed by atoms with van der Waals surface area (Å²) in [5, 5.41) is 11.6. The van der Waals surface area contributed by atoms with Crippen molar-refractivity contribution in [2.45, 2.75) is 6.92 Å². The van der Waals surface area contributed by atoms with Crippen LogP contribution in [0.3, 0.4) is 0 Å². The number of hydrogen-bond donors (Lipinski definition) is 0. The Bertz CT molecular complexity index is 1010. The molecule has 9 heteroatoms. The van der Waals surface area contributed by atoms with Crippen molar-refractivity contribution < 1.29 is 19.2 Å². The molecule has 0 spiro atoms. The molecule has 2 heterocycles. The van der Waals surface area contributed by atoms with Crippen LogP contribution in [-0.4, -0.2) is 43.1 Å². The number of nitrogens with zero attached hydrogens (tertiary/aromatic N) is 5. The lowest BCUT2D eigenvalue weighted by Gasteiger charge is -2.12. The summed E-state index contributed by atoms with van der Waals surface area (Å²) in [5.41, 5.74) is 1.24. The predicted octanol–water partition coefficient (Wildman–Crippen LogP) is 1.34. The number of aryl methyl sites for hydroxylation is 1. The second kappa shape index (κ2) is 5.88. The first-order valence-electron chi connectivity index (χ1n) is 7.62. The number of aromatic nitrogens is 4. The zero-order valence-electron chi connectivity index (χ0n) is 13.5. The molecule has 4 rings (SSSR count). The van der Waals surface area contributed by atoms with E-state index >= 15 is 0 Å². The molecule has 1 aromatic heterocycles. The maximum atomic E-state index is 12.3. The highest BCUT2D eigenvalue weighted by molar-refractivity contribution is 6.21. The van der Waals surface area contributed by atoms with Crippen LogP contribution in [0.15, 0.2) is 48.5 Å². The molecule has 0 saturated carbocycles. The monoisotopic (exact) mass is 349 g/mol. The molecule has 0 radical (unpaired) electrons. The lowest BCUT2D eigenvalue weighted by molar-refractivity contribution is -0.0584. The van der Waals surface area contributed by atoms with Crippen LogP contribution in [-0.2, 0) is 4.84 Å². The van der Waals surface area contributed by atoms with Gasteiger partial charge in [-0.15, -0.1) is 5.10 Å². The van der Waals surface area contributed by atoms with Gasteiger partial charge in [0.2, 0.25) is 0 Å². The molecule has 9 nitrogen and oxygen atoms in total. The molecule has 2 amide bonds. The molecule has 0 saturated heterocycles. The summed E-state index contributed by atoms with van der Waals surface area (Å²) in [5.74, 6) is -1.56. The molecule has 0 fully saturated rings. The van der Waals surface area contributed by atoms with E-state index in [1.54, 1.807) is 31.2 Å². The Hall–Kier alpha value is -3.88. The minimum Gasteiger partial charge on any atom is -0.324 e. The van der Waals surface area contributed by atoms with Crippen molar-refractivity contribution in [2.75, 3.05) is 0 Å². The second-order valence-electron chi connectivity index (χ2n) is 5.51. The van der Waals surface area contributed by atoms with Gasteiger partial charge < -0.3 is 4.84 Å². The van der Waals surface area contributed by atoms with Crippen molar-refractivity contribution in [2.24, 2.45) is 0 Å². The highest BCUT2D eigenvalue weighted by Crippen LogP contribution is 2.23. The second-order valence-corrected chi connectivity index (χ2v) is 5.51. The smallest absolute Gasteiger partial charge is 0.324 e. The van der Waals surface area contributed by atoms with Crippen molar-refractivity contribution in [3.8, 4) is 5.69 Å². The van der Waals surface area contributed by atoms with Crippen molar-refractivity contribution in [1.29, 1.82) is 0 Å². The van der Waals surface area contributed by atoms with Gasteiger partial charge in [-0.05, 0) is 53.7 Å². The molecule has 3 aromatic rings. The van der Waals surface area contributed by atoms with E-state index in [4.69, 9.17) is 4.84 Å². The van der Waals surface area contributed by atoms with Gasteiger partial charge in [0, 0.05) is 0 Å². The number of amides is 2. The van der Waals surface area contributed by atoms with E-state index in [9.17, 15) is 14.4 Å². The van der Waals surface area contributed by atoms with Crippen LogP contribution in [0.25, 0.3) is 5.69 Å². The molecule has 1 aliphatic heterocycles. The Morgan fingerprint density at radius 1 is 0.962 bits per heavy atom. The standard InChI is InChI=1S/C17H11N5O4/c1-10-18-19-20-21(10)12-8-6-11(7-9-12)17(25)26-22-15(23)13-4-2-3-5-14(13)16(22)24/h2-9H,1H3. The van der Waals surface area contributed by atoms with Crippen LogP contribution in [0, 0.1) is 6.92 Å². The normalized spacial score (nSPS) is 13.0. The summed E-state index contributed by atoms with van der Waals surface area (Å²) in [7, 11) is 0. The van der Waals surface area contributed by atoms with Crippen LogP contribution in [0.4, 0.5) is 0 Å². The third kappa shape index (κ3) is 2.42. The largest absolute Gasteiger partial charge is 0.363 e. The topological polar surface area (TPSA) is 107 Å². The fourth-order valence-electron chi connectivity index (χ4n) is 2.59. The Morgan fingerprint density at radius 2 is 1.58 bits per heavy atom. The summed E-state index contributed by atoms with van der Waals surface area (Å²) in [6.45, 7) is 1.74. The number of benzene rings is 2. The Morgan fingerprint density at radius 3 is 2.12 bits per heavy atom. The summed E-state index contributed by atoms with van der Waals surface area (Å²) < 4.78 is 1.50. The van der Waals surface area contributed by atoms with Gasteiger partial charge in [0.05, 0.1) is 22.4 Å². The number of hydrogen-bond acceptors (Lipinski definition) is 7. The molecule has 2 aromatic carbocycles. The zero-order chi connectivity index (χ0) is 18.3. The Labute approximate surface area is 146 Å². The average molecular weight is 349 g/mol. The fourth-order valence-corrected chi connectivity index (χ4v) is 2.59. The van der Waals surface area contributed by atoms with Gasteiger partial charge >= 0.3 is 5.97 Å². The zero-order valence-corrected chi connectivity index (χ0v) is 13.5. The third-order valence-electron chi connectivity index (χ3n) is 3.90. The summed E-state index contributed by atoms with van der Waals surface area (Å²) in [6, 6.07) is 12.5. The van der Waals surface area contributed by atoms with Crippen molar-refractivity contribution in [1.82, 2.24) is 25.3 Å². The van der Waals surface area contributed by atoms with Crippen LogP contribution in [0.5, 0.6) is 0 Å². The molecule has 0 N–H and O–H groups in total. The number of imide groups is 1. The SMILES string of the molecule is Cc1nnnn1-c1ccc(C(=O)ON2C(=O)c3ccccc3C2=O)cc1. The van der Waals surface area contributed by atoms with E-state index in [0.29, 0.717) is 16.6 Å². The molecule has 26 heavy (non-hydrogen) atoms. The molecule has 1 aliphatic rings. The van der Waals surface area contributed by atoms with E-state index in [1.807, 2.05) is 0 Å². The van der Waals surface area contributed by atoms with Crippen LogP contribution in [0.1, 0.15) is 36.9 Å². The average Bonchev–Trinajstić information content (AvgIpc) is 3.19. The lowest BCUT2D eigenvalue weighted by Crippen LogP contribution is -2.32. The van der Waals surface area contributed by atoms with Crippen molar-refractivity contribution >= 4 is 17.8 Å². The van der Waals surface area contributed by atoms with Crippen molar-refractivity contribution in [3.05, 3.63) is 71.0 Å². The number of carbonyl (C=O) groups is 3. The van der Waals surface area contributed by atoms with Crippen LogP contribution >= 0.6 is 0 Å². The predicted molar refractivity (Wildman–Crippen MR) is 86.2 cm³/mol. The van der Waals surface area contributed by atoms with Gasteiger partial charge in [-0.25, -0.2) is 4.79 Å². The maximum Gasteiger partial charge on any atom is 0.363 e. The van der Waals surface area contributed by atoms with Gasteiger partial charge in [0.15, 0.2) is 5.82 Å². The molecule has 0 unspecified atom stereocenters. The molecule has 0 atom stereocenters. The van der Waals surface area contributed by atoms with Gasteiger partial charge in [0.25, 0.3) is 11.8 Å². The van der Waals surface area contributed by atoms with Gasteiger partial charge in [-0.1, -0.05) is 17.2 Å². The number of rotatable bonds is 3. The summed E-state index contributed by atoms with van der Waals surface area (Å²) in [6.07, 6.45) is 0. The Kier molecular flexibility index (Phi) is 3.54. The number of tetrazole rings is 1. The van der Waals surface area contributed by atoms with E-state index in [1.165, 1.54) is 28.9 Å². The molecule has 128 valence electrons. The fraction of sp³-hybridized carbons (Fsp3) is 0.0588. The molecule has 0 aliphatic carbocycles. The number of hydroxylamine groups is 2. The molecular formula is C17H11N5O4. The lowest BCUT2D eigenvalue weighted by atomic mass is 10.1. The number of fused-ring (bicyclic) bond motifs is 1. The summed E-state index contributed by atoms with van der Waals surface area (Å²) >= 11 is 0. The van der Waals surface area contributed by atoms with E-state index in [-0.39, 0.29) is 16.7 Å². The minimum atomic E-state index is -0.820. The summed E-state index contributed by atoms with van der Waals surface area (Å²) in [4.78, 5) is 41.7. The van der Waals surface area contributed by atoms with Crippen molar-refractivity contribution in [3.63, 3.8) is 0 Å². The van der Waals surface area contributed by atoms with Crippen LogP contribution in [0.2, 0.25) is 0 Å². The first kappa shape index (κ1) is 15.6. The van der Waals surface area contributed by atoms with Gasteiger partial charge in [-0.2, -0.15) is 4.68 Å². The van der Waals surface area contributed by atoms with E-state index in [0.717, 1.165) is 0 Å². The number of carbonyl (C=O) groups excluding carboxylic acids is 3. The van der Waals surface area contributed by atoms with Gasteiger partial charge in [-0.3, -0.25) is 9.59 Å². The van der Waals surface area contributed by atoms with E-state index in [2.05, 4.69) is 15.5 Å². The Balaban J connectivity index is 1.53. The maximum absolute atomic E-state index is 12.3.